The lowest BCUT2D eigenvalue weighted by Gasteiger charge is -2.17. The Hall–Kier alpha value is -0.570. The molecule has 0 saturated heterocycles. The summed E-state index contributed by atoms with van der Waals surface area (Å²) in [4.78, 5) is 0. The van der Waals surface area contributed by atoms with E-state index in [2.05, 4.69) is 24.4 Å². The average Bonchev–Trinajstić information content (AvgIpc) is 2.42. The lowest BCUT2D eigenvalue weighted by atomic mass is 10.4. The summed E-state index contributed by atoms with van der Waals surface area (Å²) in [5.41, 5.74) is 3.07. The summed E-state index contributed by atoms with van der Waals surface area (Å²) in [5, 5.41) is 5.88. The number of hydrogen-bond donors (Lipinski definition) is 1. The number of rotatable bonds is 1. The Morgan fingerprint density at radius 2 is 2.10 bits per heavy atom. The predicted octanol–water partition coefficient (Wildman–Crippen LogP) is 1.23. The van der Waals surface area contributed by atoms with E-state index in [4.69, 9.17) is 0 Å². The van der Waals surface area contributed by atoms with Crippen LogP contribution in [0.2, 0.25) is 0 Å². The first kappa shape index (κ1) is 9.43. The summed E-state index contributed by atoms with van der Waals surface area (Å²) in [5.74, 6) is 0. The molecule has 0 bridgehead atoms. The van der Waals surface area contributed by atoms with Crippen molar-refractivity contribution in [2.45, 2.75) is 33.7 Å². The highest BCUT2D eigenvalue weighted by Gasteiger charge is 2.06. The van der Waals surface area contributed by atoms with Gasteiger partial charge < -0.3 is 0 Å². The van der Waals surface area contributed by atoms with Crippen LogP contribution in [0.1, 0.15) is 27.7 Å². The Morgan fingerprint density at radius 1 is 1.50 bits per heavy atom. The second-order valence-electron chi connectivity index (χ2n) is 2.10. The fourth-order valence-electron chi connectivity index (χ4n) is 0.620. The zero-order valence-electron chi connectivity index (χ0n) is 7.26. The SMILES string of the molecule is CC.CC(C)N1N=CCN1. The van der Waals surface area contributed by atoms with Crippen molar-refractivity contribution in [1.29, 1.82) is 0 Å². The van der Waals surface area contributed by atoms with Crippen LogP contribution in [0.3, 0.4) is 0 Å². The zero-order chi connectivity index (χ0) is 7.98. The second-order valence-corrected chi connectivity index (χ2v) is 2.10. The lowest BCUT2D eigenvalue weighted by molar-refractivity contribution is 0.180. The van der Waals surface area contributed by atoms with Gasteiger partial charge in [0.2, 0.25) is 0 Å². The van der Waals surface area contributed by atoms with E-state index in [9.17, 15) is 0 Å². The first-order valence-corrected chi connectivity index (χ1v) is 3.86. The number of hydrazine groups is 1. The Balaban J connectivity index is 0.000000371. The molecule has 1 heterocycles. The average molecular weight is 143 g/mol. The summed E-state index contributed by atoms with van der Waals surface area (Å²) in [6.45, 7) is 9.06. The van der Waals surface area contributed by atoms with Crippen LogP contribution < -0.4 is 5.43 Å². The molecule has 0 aromatic heterocycles. The molecular weight excluding hydrogens is 126 g/mol. The maximum absolute atomic E-state index is 4.03. The Bertz CT molecular complexity index is 99.0. The van der Waals surface area contributed by atoms with Crippen molar-refractivity contribution >= 4 is 6.21 Å². The van der Waals surface area contributed by atoms with Crippen LogP contribution in [0.15, 0.2) is 5.10 Å². The summed E-state index contributed by atoms with van der Waals surface area (Å²) >= 11 is 0. The molecule has 0 amide bonds. The van der Waals surface area contributed by atoms with E-state index >= 15 is 0 Å². The lowest BCUT2D eigenvalue weighted by Crippen LogP contribution is -2.34. The molecule has 0 aromatic carbocycles. The number of nitrogens with zero attached hydrogens (tertiary/aromatic N) is 2. The van der Waals surface area contributed by atoms with Gasteiger partial charge in [0.15, 0.2) is 0 Å². The molecule has 0 saturated carbocycles. The van der Waals surface area contributed by atoms with Crippen molar-refractivity contribution in [3.8, 4) is 0 Å². The Morgan fingerprint density at radius 3 is 2.30 bits per heavy atom. The maximum Gasteiger partial charge on any atom is 0.0586 e. The van der Waals surface area contributed by atoms with Crippen LogP contribution in [0, 0.1) is 0 Å². The first-order valence-electron chi connectivity index (χ1n) is 3.86. The molecule has 60 valence electrons. The van der Waals surface area contributed by atoms with Gasteiger partial charge in [-0.25, -0.2) is 10.5 Å². The number of hydrogen-bond acceptors (Lipinski definition) is 3. The minimum absolute atomic E-state index is 0.466. The number of nitrogens with one attached hydrogen (secondary N) is 1. The molecule has 3 nitrogen and oxygen atoms in total. The first-order chi connectivity index (χ1) is 4.80. The molecule has 0 spiro atoms. The molecule has 1 N–H and O–H groups in total. The molecule has 1 aliphatic rings. The Kier molecular flexibility index (Phi) is 4.94. The minimum Gasteiger partial charge on any atom is -0.227 e. The van der Waals surface area contributed by atoms with Gasteiger partial charge in [-0.2, -0.15) is 5.10 Å². The van der Waals surface area contributed by atoms with Crippen LogP contribution in [0.25, 0.3) is 0 Å². The van der Waals surface area contributed by atoms with Gasteiger partial charge in [0.1, 0.15) is 0 Å². The van der Waals surface area contributed by atoms with Crippen molar-refractivity contribution in [3.63, 3.8) is 0 Å². The van der Waals surface area contributed by atoms with Crippen LogP contribution in [-0.2, 0) is 0 Å². The van der Waals surface area contributed by atoms with Crippen molar-refractivity contribution in [2.75, 3.05) is 6.54 Å². The maximum atomic E-state index is 4.03. The molecule has 0 fully saturated rings. The summed E-state index contributed by atoms with van der Waals surface area (Å²) in [6.07, 6.45) is 1.86. The quantitative estimate of drug-likeness (QED) is 0.598. The van der Waals surface area contributed by atoms with E-state index in [1.165, 1.54) is 0 Å². The minimum atomic E-state index is 0.466. The predicted molar refractivity (Wildman–Crippen MR) is 44.8 cm³/mol. The molecule has 1 rings (SSSR count). The fraction of sp³-hybridized carbons (Fsp3) is 0.857. The highest BCUT2D eigenvalue weighted by atomic mass is 15.7. The van der Waals surface area contributed by atoms with E-state index < -0.39 is 0 Å². The highest BCUT2D eigenvalue weighted by Crippen LogP contribution is 1.95. The second kappa shape index (κ2) is 5.23. The highest BCUT2D eigenvalue weighted by molar-refractivity contribution is 5.60. The molecule has 0 atom stereocenters. The van der Waals surface area contributed by atoms with Crippen LogP contribution in [0.5, 0.6) is 0 Å². The molecule has 0 unspecified atom stereocenters. The van der Waals surface area contributed by atoms with Crippen molar-refractivity contribution < 1.29 is 0 Å². The van der Waals surface area contributed by atoms with Crippen LogP contribution in [0.4, 0.5) is 0 Å². The van der Waals surface area contributed by atoms with Gasteiger partial charge in [-0.05, 0) is 13.8 Å². The topological polar surface area (TPSA) is 27.6 Å². The van der Waals surface area contributed by atoms with Gasteiger partial charge in [0.05, 0.1) is 12.6 Å². The van der Waals surface area contributed by atoms with E-state index in [-0.39, 0.29) is 0 Å². The molecule has 0 radical (unpaired) electrons. The largest absolute Gasteiger partial charge is 0.227 e. The van der Waals surface area contributed by atoms with E-state index in [1.807, 2.05) is 25.2 Å². The molecule has 0 aliphatic carbocycles. The fourth-order valence-corrected chi connectivity index (χ4v) is 0.620. The zero-order valence-corrected chi connectivity index (χ0v) is 7.26. The third-order valence-corrected chi connectivity index (χ3v) is 1.04. The number of hydrazone groups is 1. The molecule has 3 heteroatoms. The van der Waals surface area contributed by atoms with E-state index in [0.29, 0.717) is 6.04 Å². The van der Waals surface area contributed by atoms with Gasteiger partial charge in [-0.3, -0.25) is 0 Å². The summed E-state index contributed by atoms with van der Waals surface area (Å²) in [6, 6.07) is 0.466. The molecule has 0 aromatic rings. The van der Waals surface area contributed by atoms with Crippen LogP contribution >= 0.6 is 0 Å². The monoisotopic (exact) mass is 143 g/mol. The van der Waals surface area contributed by atoms with Crippen molar-refractivity contribution in [2.24, 2.45) is 5.10 Å². The smallest absolute Gasteiger partial charge is 0.0586 e. The molecule has 1 aliphatic heterocycles. The van der Waals surface area contributed by atoms with Gasteiger partial charge in [0.25, 0.3) is 0 Å². The molecule has 10 heavy (non-hydrogen) atoms. The van der Waals surface area contributed by atoms with E-state index in [0.717, 1.165) is 6.54 Å². The normalized spacial score (nSPS) is 15.5. The van der Waals surface area contributed by atoms with Gasteiger partial charge in [-0.15, -0.1) is 0 Å². The summed E-state index contributed by atoms with van der Waals surface area (Å²) in [7, 11) is 0. The Labute approximate surface area is 63.1 Å². The van der Waals surface area contributed by atoms with Crippen molar-refractivity contribution in [3.05, 3.63) is 0 Å². The van der Waals surface area contributed by atoms with Gasteiger partial charge in [-0.1, -0.05) is 13.8 Å². The summed E-state index contributed by atoms with van der Waals surface area (Å²) < 4.78 is 0. The standard InChI is InChI=1S/C5H11N3.C2H6/c1-5(2)8-6-3-4-7-8;1-2/h3,5,7H,4H2,1-2H3;1-2H3. The van der Waals surface area contributed by atoms with E-state index in [1.54, 1.807) is 0 Å². The van der Waals surface area contributed by atoms with Gasteiger partial charge in [0, 0.05) is 6.21 Å². The third kappa shape index (κ3) is 2.82. The van der Waals surface area contributed by atoms with Gasteiger partial charge >= 0.3 is 0 Å². The third-order valence-electron chi connectivity index (χ3n) is 1.04. The molecular formula is C7H17N3. The van der Waals surface area contributed by atoms with Crippen LogP contribution in [-0.4, -0.2) is 23.9 Å². The van der Waals surface area contributed by atoms with Crippen molar-refractivity contribution in [1.82, 2.24) is 10.5 Å².